The van der Waals surface area contributed by atoms with E-state index in [0.717, 1.165) is 27.5 Å². The molecule has 3 rings (SSSR count). The number of nitrogens with zero attached hydrogens (tertiary/aromatic N) is 3. The topological polar surface area (TPSA) is 47.9 Å². The second-order valence-electron chi connectivity index (χ2n) is 3.69. The fourth-order valence-corrected chi connectivity index (χ4v) is 2.98. The normalized spacial score (nSPS) is 16.3. The van der Waals surface area contributed by atoms with Crippen molar-refractivity contribution >= 4 is 33.4 Å². The lowest BCUT2D eigenvalue weighted by molar-refractivity contribution is 0.117. The van der Waals surface area contributed by atoms with E-state index in [1.807, 2.05) is 6.26 Å². The molecule has 0 unspecified atom stereocenters. The largest absolute Gasteiger partial charge is 0.473 e. The minimum absolute atomic E-state index is 0.345. The van der Waals surface area contributed by atoms with Crippen LogP contribution < -0.4 is 4.74 Å². The Labute approximate surface area is 101 Å². The maximum atomic E-state index is 5.83. The average molecular weight is 253 g/mol. The lowest BCUT2D eigenvalue weighted by Gasteiger charge is -2.25. The number of aromatic nitrogens is 3. The third kappa shape index (κ3) is 1.76. The van der Waals surface area contributed by atoms with Gasteiger partial charge in [0.2, 0.25) is 5.88 Å². The van der Waals surface area contributed by atoms with Crippen molar-refractivity contribution in [2.24, 2.45) is 0 Å². The molecule has 0 radical (unpaired) electrons. The maximum Gasteiger partial charge on any atom is 0.236 e. The minimum atomic E-state index is 0.345. The van der Waals surface area contributed by atoms with E-state index < -0.39 is 0 Å². The molecule has 2 aromatic heterocycles. The van der Waals surface area contributed by atoms with Crippen LogP contribution in [0.2, 0.25) is 0 Å². The average Bonchev–Trinajstić information content (AvgIpc) is 2.66. The van der Waals surface area contributed by atoms with Crippen LogP contribution in [0, 0.1) is 0 Å². The van der Waals surface area contributed by atoms with Crippen molar-refractivity contribution in [1.29, 1.82) is 0 Å². The summed E-state index contributed by atoms with van der Waals surface area (Å²) in [5.74, 6) is 0.701. The van der Waals surface area contributed by atoms with Crippen molar-refractivity contribution in [2.45, 2.75) is 29.7 Å². The molecule has 0 N–H and O–H groups in total. The number of hydrogen-bond acceptors (Lipinski definition) is 6. The minimum Gasteiger partial charge on any atom is -0.473 e. The fourth-order valence-electron chi connectivity index (χ4n) is 1.53. The number of thiazole rings is 1. The predicted octanol–water partition coefficient (Wildman–Crippen LogP) is 2.74. The molecule has 0 amide bonds. The molecule has 1 aliphatic carbocycles. The van der Waals surface area contributed by atoms with E-state index >= 15 is 0 Å². The van der Waals surface area contributed by atoms with Crippen molar-refractivity contribution in [3.8, 4) is 5.88 Å². The number of hydrogen-bond donors (Lipinski definition) is 0. The third-order valence-electron chi connectivity index (χ3n) is 2.64. The van der Waals surface area contributed by atoms with Gasteiger partial charge in [0.25, 0.3) is 0 Å². The number of thioether (sulfide) groups is 1. The van der Waals surface area contributed by atoms with Gasteiger partial charge in [-0.1, -0.05) is 11.8 Å². The zero-order valence-electron chi connectivity index (χ0n) is 8.84. The quantitative estimate of drug-likeness (QED) is 0.787. The molecule has 2 heterocycles. The molecule has 1 fully saturated rings. The van der Waals surface area contributed by atoms with E-state index in [0.29, 0.717) is 12.0 Å². The molecule has 1 saturated carbocycles. The highest BCUT2D eigenvalue weighted by Gasteiger charge is 2.21. The SMILES string of the molecule is CSc1nc2ncnc(OC3CCC3)c2s1. The summed E-state index contributed by atoms with van der Waals surface area (Å²) in [7, 11) is 0. The van der Waals surface area contributed by atoms with Crippen LogP contribution in [0.15, 0.2) is 10.7 Å². The monoisotopic (exact) mass is 253 g/mol. The van der Waals surface area contributed by atoms with Crippen molar-refractivity contribution in [3.05, 3.63) is 6.33 Å². The Balaban J connectivity index is 1.98. The molecule has 84 valence electrons. The van der Waals surface area contributed by atoms with Gasteiger partial charge in [-0.25, -0.2) is 15.0 Å². The highest BCUT2D eigenvalue weighted by molar-refractivity contribution is 8.00. The van der Waals surface area contributed by atoms with E-state index in [4.69, 9.17) is 4.74 Å². The van der Waals surface area contributed by atoms with Crippen LogP contribution >= 0.6 is 23.1 Å². The lowest BCUT2D eigenvalue weighted by atomic mass is 9.96. The van der Waals surface area contributed by atoms with Crippen molar-refractivity contribution in [3.63, 3.8) is 0 Å². The molecule has 2 aromatic rings. The van der Waals surface area contributed by atoms with Crippen LogP contribution in [-0.2, 0) is 0 Å². The van der Waals surface area contributed by atoms with Gasteiger partial charge < -0.3 is 4.74 Å². The van der Waals surface area contributed by atoms with Gasteiger partial charge in [-0.05, 0) is 25.5 Å². The Morgan fingerprint density at radius 3 is 3.00 bits per heavy atom. The van der Waals surface area contributed by atoms with Gasteiger partial charge in [0.05, 0.1) is 0 Å². The van der Waals surface area contributed by atoms with Crippen molar-refractivity contribution in [1.82, 2.24) is 15.0 Å². The Hall–Kier alpha value is -0.880. The summed E-state index contributed by atoms with van der Waals surface area (Å²) in [5, 5.41) is 0. The molecule has 1 aliphatic rings. The van der Waals surface area contributed by atoms with E-state index in [2.05, 4.69) is 15.0 Å². The third-order valence-corrected chi connectivity index (χ3v) is 4.66. The number of fused-ring (bicyclic) bond motifs is 1. The summed E-state index contributed by atoms with van der Waals surface area (Å²) >= 11 is 3.23. The smallest absolute Gasteiger partial charge is 0.236 e. The van der Waals surface area contributed by atoms with Gasteiger partial charge in [0.1, 0.15) is 17.1 Å². The first-order valence-corrected chi connectivity index (χ1v) is 7.23. The fraction of sp³-hybridized carbons (Fsp3) is 0.500. The summed E-state index contributed by atoms with van der Waals surface area (Å²) in [4.78, 5) is 12.8. The molecular formula is C10H11N3OS2. The Bertz CT molecular complexity index is 510. The van der Waals surface area contributed by atoms with Crippen LogP contribution in [0.4, 0.5) is 0 Å². The first-order valence-electron chi connectivity index (χ1n) is 5.19. The molecule has 0 bridgehead atoms. The van der Waals surface area contributed by atoms with E-state index in [1.165, 1.54) is 12.7 Å². The number of rotatable bonds is 3. The van der Waals surface area contributed by atoms with Crippen molar-refractivity contribution < 1.29 is 4.74 Å². The van der Waals surface area contributed by atoms with E-state index in [9.17, 15) is 0 Å². The zero-order valence-corrected chi connectivity index (χ0v) is 10.5. The summed E-state index contributed by atoms with van der Waals surface area (Å²) in [6.07, 6.45) is 7.42. The lowest BCUT2D eigenvalue weighted by Crippen LogP contribution is -2.25. The molecule has 0 saturated heterocycles. The van der Waals surface area contributed by atoms with Crippen molar-refractivity contribution in [2.75, 3.05) is 6.26 Å². The molecule has 0 spiro atoms. The van der Waals surface area contributed by atoms with Gasteiger partial charge in [0.15, 0.2) is 9.99 Å². The Morgan fingerprint density at radius 1 is 1.44 bits per heavy atom. The van der Waals surface area contributed by atoms with Gasteiger partial charge in [-0.15, -0.1) is 11.3 Å². The Kier molecular flexibility index (Phi) is 2.69. The molecule has 16 heavy (non-hydrogen) atoms. The molecule has 0 aliphatic heterocycles. The summed E-state index contributed by atoms with van der Waals surface area (Å²) in [6.45, 7) is 0. The van der Waals surface area contributed by atoms with Crippen LogP contribution in [0.1, 0.15) is 19.3 Å². The van der Waals surface area contributed by atoms with Gasteiger partial charge in [-0.3, -0.25) is 0 Å². The predicted molar refractivity (Wildman–Crippen MR) is 65.3 cm³/mol. The highest BCUT2D eigenvalue weighted by atomic mass is 32.2. The first kappa shape index (κ1) is 10.3. The molecule has 0 aromatic carbocycles. The van der Waals surface area contributed by atoms with Gasteiger partial charge >= 0.3 is 0 Å². The second kappa shape index (κ2) is 4.18. The zero-order chi connectivity index (χ0) is 11.0. The first-order chi connectivity index (χ1) is 7.86. The molecule has 0 atom stereocenters. The molecule has 4 nitrogen and oxygen atoms in total. The Morgan fingerprint density at radius 2 is 2.31 bits per heavy atom. The summed E-state index contributed by atoms with van der Waals surface area (Å²) < 4.78 is 7.81. The maximum absolute atomic E-state index is 5.83. The van der Waals surface area contributed by atoms with Crippen LogP contribution in [-0.4, -0.2) is 27.3 Å². The standard InChI is InChI=1S/C10H11N3OS2/c1-15-10-13-8-7(16-10)9(12-5-11-8)14-6-3-2-4-6/h5-6H,2-4H2,1H3. The highest BCUT2D eigenvalue weighted by Crippen LogP contribution is 2.34. The molecule has 6 heteroatoms. The summed E-state index contributed by atoms with van der Waals surface area (Å²) in [6, 6.07) is 0. The van der Waals surface area contributed by atoms with E-state index in [1.54, 1.807) is 23.1 Å². The van der Waals surface area contributed by atoms with Crippen LogP contribution in [0.25, 0.3) is 10.3 Å². The van der Waals surface area contributed by atoms with E-state index in [-0.39, 0.29) is 0 Å². The summed E-state index contributed by atoms with van der Waals surface area (Å²) in [5.41, 5.74) is 0.749. The van der Waals surface area contributed by atoms with Gasteiger partial charge in [-0.2, -0.15) is 0 Å². The number of ether oxygens (including phenoxy) is 1. The van der Waals surface area contributed by atoms with Crippen LogP contribution in [0.5, 0.6) is 5.88 Å². The van der Waals surface area contributed by atoms with Gasteiger partial charge in [0, 0.05) is 0 Å². The van der Waals surface area contributed by atoms with Crippen LogP contribution in [0.3, 0.4) is 0 Å². The molecular weight excluding hydrogens is 242 g/mol. The second-order valence-corrected chi connectivity index (χ2v) is 5.74.